The summed E-state index contributed by atoms with van der Waals surface area (Å²) in [5.74, 6) is -0.0406. The summed E-state index contributed by atoms with van der Waals surface area (Å²) in [6, 6.07) is 10.2. The van der Waals surface area contributed by atoms with Gasteiger partial charge in [0.05, 0.1) is 34.8 Å². The van der Waals surface area contributed by atoms with Crippen LogP contribution in [0.15, 0.2) is 68.8 Å². The Kier molecular flexibility index (Phi) is 5.42. The summed E-state index contributed by atoms with van der Waals surface area (Å²) >= 11 is 0. The van der Waals surface area contributed by atoms with Crippen LogP contribution < -0.4 is 10.3 Å². The van der Waals surface area contributed by atoms with Gasteiger partial charge in [0.2, 0.25) is 10.0 Å². The fourth-order valence-corrected chi connectivity index (χ4v) is 4.02. The number of rotatable bonds is 7. The van der Waals surface area contributed by atoms with E-state index < -0.39 is 20.6 Å². The predicted octanol–water partition coefficient (Wildman–Crippen LogP) is 1.53. The summed E-state index contributed by atoms with van der Waals surface area (Å²) in [6.07, 6.45) is 1.51. The molecule has 2 aromatic heterocycles. The first-order valence-electron chi connectivity index (χ1n) is 9.10. The van der Waals surface area contributed by atoms with Crippen molar-refractivity contribution in [2.75, 3.05) is 0 Å². The number of non-ortho nitro benzene ring substituents is 1. The monoisotopic (exact) mass is 457 g/mol. The van der Waals surface area contributed by atoms with Gasteiger partial charge in [-0.15, -0.1) is 5.10 Å². The van der Waals surface area contributed by atoms with Crippen LogP contribution >= 0.6 is 0 Å². The Balaban J connectivity index is 1.48. The second-order valence-electron chi connectivity index (χ2n) is 6.75. The average Bonchev–Trinajstić information content (AvgIpc) is 3.19. The van der Waals surface area contributed by atoms with E-state index in [9.17, 15) is 28.4 Å². The fraction of sp³-hybridized carbons (Fsp3) is 0.105. The van der Waals surface area contributed by atoms with Gasteiger partial charge in [-0.1, -0.05) is 5.21 Å². The molecule has 0 amide bonds. The molecule has 2 heterocycles. The molecule has 13 heteroatoms. The molecule has 0 aliphatic heterocycles. The van der Waals surface area contributed by atoms with Crippen LogP contribution in [0, 0.1) is 10.1 Å². The number of benzene rings is 2. The van der Waals surface area contributed by atoms with Crippen LogP contribution in [-0.4, -0.2) is 33.4 Å². The number of hydrogen-bond donors (Lipinski definition) is 2. The normalized spacial score (nSPS) is 11.6. The summed E-state index contributed by atoms with van der Waals surface area (Å²) < 4.78 is 33.7. The molecule has 0 saturated carbocycles. The number of nitrogens with zero attached hydrogens (tertiary/aromatic N) is 4. The van der Waals surface area contributed by atoms with Crippen LogP contribution in [0.3, 0.4) is 0 Å². The molecular weight excluding hydrogens is 442 g/mol. The van der Waals surface area contributed by atoms with Crippen molar-refractivity contribution in [2.45, 2.75) is 18.0 Å². The zero-order valence-corrected chi connectivity index (χ0v) is 17.0. The van der Waals surface area contributed by atoms with Gasteiger partial charge < -0.3 is 9.52 Å². The third-order valence-electron chi connectivity index (χ3n) is 4.53. The third kappa shape index (κ3) is 4.48. The molecule has 2 aromatic carbocycles. The second kappa shape index (κ2) is 8.20. The van der Waals surface area contributed by atoms with Crippen molar-refractivity contribution < 1.29 is 22.9 Å². The second-order valence-corrected chi connectivity index (χ2v) is 8.52. The van der Waals surface area contributed by atoms with Gasteiger partial charge in [-0.2, -0.15) is 0 Å². The number of phenolic OH excluding ortho intramolecular Hbond substituents is 1. The van der Waals surface area contributed by atoms with Gasteiger partial charge in [0, 0.05) is 29.7 Å². The van der Waals surface area contributed by atoms with Crippen molar-refractivity contribution in [1.29, 1.82) is 0 Å². The van der Waals surface area contributed by atoms with Crippen molar-refractivity contribution in [3.8, 4) is 5.75 Å². The minimum Gasteiger partial charge on any atom is -0.508 e. The molecule has 0 bridgehead atoms. The minimum atomic E-state index is -3.92. The van der Waals surface area contributed by atoms with E-state index in [1.165, 1.54) is 29.1 Å². The summed E-state index contributed by atoms with van der Waals surface area (Å²) in [7, 11) is -3.92. The number of aromatic nitrogens is 3. The van der Waals surface area contributed by atoms with E-state index in [1.54, 1.807) is 6.07 Å². The van der Waals surface area contributed by atoms with Gasteiger partial charge in [0.1, 0.15) is 11.3 Å². The topological polar surface area (TPSA) is 170 Å². The summed E-state index contributed by atoms with van der Waals surface area (Å²) in [5, 5.41) is 28.7. The molecule has 164 valence electrons. The number of aromatic hydroxyl groups is 1. The number of nitro groups is 1. The summed E-state index contributed by atoms with van der Waals surface area (Å²) in [6.45, 7) is -0.000151. The largest absolute Gasteiger partial charge is 0.508 e. The molecule has 4 rings (SSSR count). The molecule has 0 spiro atoms. The molecule has 0 aliphatic rings. The van der Waals surface area contributed by atoms with Gasteiger partial charge in [-0.3, -0.25) is 10.1 Å². The number of nitrogens with one attached hydrogen (secondary N) is 1. The molecule has 0 radical (unpaired) electrons. The highest BCUT2D eigenvalue weighted by molar-refractivity contribution is 7.89. The van der Waals surface area contributed by atoms with Gasteiger partial charge in [-0.05, 0) is 29.8 Å². The standard InChI is InChI=1S/C19H15N5O7S/c25-15-3-6-17-12(7-19(26)31-18(17)8-15)10-23-11-13(21-22-23)9-20-32(29,30)16-4-1-14(2-5-16)24(27)28/h1-8,11,20,25H,9-10H2. The molecular formula is C19H15N5O7S. The Hall–Kier alpha value is -4.10. The van der Waals surface area contributed by atoms with E-state index in [0.29, 0.717) is 16.6 Å². The van der Waals surface area contributed by atoms with Crippen molar-refractivity contribution in [2.24, 2.45) is 0 Å². The maximum atomic E-state index is 12.4. The Morgan fingerprint density at radius 1 is 1.16 bits per heavy atom. The highest BCUT2D eigenvalue weighted by Crippen LogP contribution is 2.22. The summed E-state index contributed by atoms with van der Waals surface area (Å²) in [5.41, 5.74) is 0.321. The van der Waals surface area contributed by atoms with Crippen molar-refractivity contribution >= 4 is 26.7 Å². The molecule has 0 aliphatic carbocycles. The smallest absolute Gasteiger partial charge is 0.336 e. The van der Waals surface area contributed by atoms with Crippen LogP contribution in [0.4, 0.5) is 5.69 Å². The Morgan fingerprint density at radius 3 is 2.62 bits per heavy atom. The van der Waals surface area contributed by atoms with Crippen molar-refractivity contribution in [1.82, 2.24) is 19.7 Å². The molecule has 0 saturated heterocycles. The lowest BCUT2D eigenvalue weighted by Gasteiger charge is -2.06. The van der Waals surface area contributed by atoms with E-state index in [-0.39, 0.29) is 35.0 Å². The first-order chi connectivity index (χ1) is 15.2. The minimum absolute atomic E-state index is 0.0406. The lowest BCUT2D eigenvalue weighted by Crippen LogP contribution is -2.23. The van der Waals surface area contributed by atoms with E-state index in [2.05, 4.69) is 15.0 Å². The first kappa shape index (κ1) is 21.1. The van der Waals surface area contributed by atoms with Gasteiger partial charge in [0.25, 0.3) is 5.69 Å². The van der Waals surface area contributed by atoms with Crippen LogP contribution in [-0.2, 0) is 23.1 Å². The number of sulfonamides is 1. The van der Waals surface area contributed by atoms with Crippen LogP contribution in [0.2, 0.25) is 0 Å². The van der Waals surface area contributed by atoms with Gasteiger partial charge in [-0.25, -0.2) is 22.6 Å². The van der Waals surface area contributed by atoms with E-state index in [4.69, 9.17) is 4.42 Å². The fourth-order valence-electron chi connectivity index (χ4n) is 3.02. The molecule has 32 heavy (non-hydrogen) atoms. The molecule has 12 nitrogen and oxygen atoms in total. The number of fused-ring (bicyclic) bond motifs is 1. The van der Waals surface area contributed by atoms with E-state index in [1.807, 2.05) is 0 Å². The van der Waals surface area contributed by atoms with Crippen LogP contribution in [0.25, 0.3) is 11.0 Å². The maximum absolute atomic E-state index is 12.4. The maximum Gasteiger partial charge on any atom is 0.336 e. The predicted molar refractivity (Wildman–Crippen MR) is 110 cm³/mol. The molecule has 4 aromatic rings. The van der Waals surface area contributed by atoms with E-state index in [0.717, 1.165) is 24.3 Å². The number of phenols is 1. The molecule has 0 fully saturated rings. The Morgan fingerprint density at radius 2 is 1.91 bits per heavy atom. The molecule has 0 atom stereocenters. The van der Waals surface area contributed by atoms with Gasteiger partial charge in [0.15, 0.2) is 0 Å². The lowest BCUT2D eigenvalue weighted by atomic mass is 10.1. The van der Waals surface area contributed by atoms with Gasteiger partial charge >= 0.3 is 5.63 Å². The first-order valence-corrected chi connectivity index (χ1v) is 10.6. The number of hydrogen-bond acceptors (Lipinski definition) is 9. The highest BCUT2D eigenvalue weighted by atomic mass is 32.2. The molecule has 2 N–H and O–H groups in total. The lowest BCUT2D eigenvalue weighted by molar-refractivity contribution is -0.384. The quantitative estimate of drug-likeness (QED) is 0.237. The molecule has 0 unspecified atom stereocenters. The zero-order chi connectivity index (χ0) is 22.9. The van der Waals surface area contributed by atoms with Crippen molar-refractivity contribution in [3.63, 3.8) is 0 Å². The van der Waals surface area contributed by atoms with Crippen LogP contribution in [0.5, 0.6) is 5.75 Å². The average molecular weight is 457 g/mol. The third-order valence-corrected chi connectivity index (χ3v) is 5.95. The highest BCUT2D eigenvalue weighted by Gasteiger charge is 2.17. The van der Waals surface area contributed by atoms with Crippen LogP contribution in [0.1, 0.15) is 11.3 Å². The SMILES string of the molecule is O=c1cc(Cn2cc(CNS(=O)(=O)c3ccc([N+](=O)[O-])cc3)nn2)c2ccc(O)cc2o1. The van der Waals surface area contributed by atoms with Crippen molar-refractivity contribution in [3.05, 3.63) is 86.5 Å². The van der Waals surface area contributed by atoms with E-state index >= 15 is 0 Å². The Labute approximate surface area is 179 Å². The number of nitro benzene ring substituents is 1. The summed E-state index contributed by atoms with van der Waals surface area (Å²) in [4.78, 5) is 21.8. The zero-order valence-electron chi connectivity index (χ0n) is 16.2. The Bertz CT molecular complexity index is 1480.